The van der Waals surface area contributed by atoms with Crippen LogP contribution in [0.1, 0.15) is 23.7 Å². The zero-order valence-electron chi connectivity index (χ0n) is 13.1. The summed E-state index contributed by atoms with van der Waals surface area (Å²) in [5.74, 6) is -0.462. The van der Waals surface area contributed by atoms with Crippen molar-refractivity contribution in [2.75, 3.05) is 39.8 Å². The van der Waals surface area contributed by atoms with Crippen LogP contribution in [0.3, 0.4) is 0 Å². The fourth-order valence-corrected chi connectivity index (χ4v) is 2.53. The second-order valence-corrected chi connectivity index (χ2v) is 5.50. The highest BCUT2D eigenvalue weighted by molar-refractivity contribution is 5.94. The molecule has 1 saturated heterocycles. The number of rotatable bonds is 5. The highest BCUT2D eigenvalue weighted by atomic mass is 19.1. The quantitative estimate of drug-likeness (QED) is 0.892. The van der Waals surface area contributed by atoms with Crippen molar-refractivity contribution in [1.29, 1.82) is 0 Å². The van der Waals surface area contributed by atoms with Crippen LogP contribution < -0.4 is 4.74 Å². The Kier molecular flexibility index (Phi) is 5.74. The van der Waals surface area contributed by atoms with Crippen molar-refractivity contribution < 1.29 is 19.0 Å². The van der Waals surface area contributed by atoms with E-state index in [2.05, 4.69) is 4.90 Å². The van der Waals surface area contributed by atoms with E-state index in [9.17, 15) is 14.3 Å². The van der Waals surface area contributed by atoms with E-state index in [4.69, 9.17) is 4.74 Å². The Balaban J connectivity index is 1.95. The topological polar surface area (TPSA) is 53.0 Å². The van der Waals surface area contributed by atoms with E-state index >= 15 is 0 Å². The van der Waals surface area contributed by atoms with Crippen molar-refractivity contribution in [3.63, 3.8) is 0 Å². The average molecular weight is 310 g/mol. The number of benzene rings is 1. The van der Waals surface area contributed by atoms with Crippen LogP contribution in [0.5, 0.6) is 5.75 Å². The van der Waals surface area contributed by atoms with E-state index in [-0.39, 0.29) is 17.6 Å². The van der Waals surface area contributed by atoms with E-state index < -0.39 is 5.82 Å². The third kappa shape index (κ3) is 3.96. The summed E-state index contributed by atoms with van der Waals surface area (Å²) >= 11 is 0. The second-order valence-electron chi connectivity index (χ2n) is 5.50. The monoisotopic (exact) mass is 310 g/mol. The summed E-state index contributed by atoms with van der Waals surface area (Å²) < 4.78 is 18.9. The van der Waals surface area contributed by atoms with Gasteiger partial charge in [0.05, 0.1) is 18.8 Å². The lowest BCUT2D eigenvalue weighted by Gasteiger charge is -2.35. The zero-order valence-corrected chi connectivity index (χ0v) is 13.1. The number of hydrogen-bond donors (Lipinski definition) is 1. The summed E-state index contributed by atoms with van der Waals surface area (Å²) in [6.45, 7) is 5.04. The van der Waals surface area contributed by atoms with Crippen LogP contribution in [0.25, 0.3) is 0 Å². The van der Waals surface area contributed by atoms with Gasteiger partial charge in [-0.15, -0.1) is 0 Å². The maximum absolute atomic E-state index is 14.0. The molecule has 1 aliphatic heterocycles. The molecule has 0 aromatic heterocycles. The normalized spacial score (nSPS) is 17.4. The van der Waals surface area contributed by atoms with Crippen LogP contribution in [0.15, 0.2) is 18.2 Å². The molecule has 1 amide bonds. The molecule has 0 spiro atoms. The molecule has 0 bridgehead atoms. The second kappa shape index (κ2) is 7.56. The maximum atomic E-state index is 14.0. The summed E-state index contributed by atoms with van der Waals surface area (Å²) in [4.78, 5) is 16.2. The fraction of sp³-hybridized carbons (Fsp3) is 0.562. The number of aliphatic hydroxyl groups excluding tert-OH is 1. The maximum Gasteiger partial charge on any atom is 0.256 e. The Morgan fingerprint density at radius 1 is 1.36 bits per heavy atom. The Bertz CT molecular complexity index is 516. The highest BCUT2D eigenvalue weighted by Crippen LogP contribution is 2.18. The molecule has 2 rings (SSSR count). The number of halogens is 1. The third-order valence-electron chi connectivity index (χ3n) is 4.01. The number of methoxy groups -OCH3 is 1. The number of hydrogen-bond acceptors (Lipinski definition) is 4. The molecule has 1 aromatic carbocycles. The number of nitrogens with zero attached hydrogens (tertiary/aromatic N) is 2. The standard InChI is InChI=1S/C16H23FN2O3/c1-3-12(20)11-18-6-8-19(9-7-18)16(21)14-5-4-13(22-2)10-15(14)17/h4-5,10,12,20H,3,6-9,11H2,1-2H3/t12-/m1/s1. The Hall–Kier alpha value is -1.66. The van der Waals surface area contributed by atoms with Gasteiger partial charge in [-0.3, -0.25) is 9.69 Å². The third-order valence-corrected chi connectivity index (χ3v) is 4.01. The highest BCUT2D eigenvalue weighted by Gasteiger charge is 2.24. The van der Waals surface area contributed by atoms with Crippen LogP contribution in [0, 0.1) is 5.82 Å². The van der Waals surface area contributed by atoms with Gasteiger partial charge in [0.2, 0.25) is 0 Å². The van der Waals surface area contributed by atoms with Crippen LogP contribution in [-0.4, -0.2) is 66.8 Å². The minimum absolute atomic E-state index is 0.0721. The molecule has 1 atom stereocenters. The van der Waals surface area contributed by atoms with Crippen molar-refractivity contribution in [3.8, 4) is 5.75 Å². The van der Waals surface area contributed by atoms with Gasteiger partial charge in [0.1, 0.15) is 11.6 Å². The van der Waals surface area contributed by atoms with E-state index in [1.807, 2.05) is 6.92 Å². The first-order valence-electron chi connectivity index (χ1n) is 7.58. The van der Waals surface area contributed by atoms with E-state index in [0.29, 0.717) is 38.5 Å². The largest absolute Gasteiger partial charge is 0.497 e. The van der Waals surface area contributed by atoms with Gasteiger partial charge in [-0.2, -0.15) is 0 Å². The minimum atomic E-state index is -0.562. The van der Waals surface area contributed by atoms with Gasteiger partial charge in [-0.05, 0) is 18.6 Å². The van der Waals surface area contributed by atoms with Gasteiger partial charge < -0.3 is 14.7 Å². The molecule has 0 unspecified atom stereocenters. The number of aliphatic hydroxyl groups is 1. The summed E-state index contributed by atoms with van der Waals surface area (Å²) in [6.07, 6.45) is 0.386. The molecule has 1 heterocycles. The lowest BCUT2D eigenvalue weighted by molar-refractivity contribution is 0.0520. The molecular weight excluding hydrogens is 287 g/mol. The molecule has 0 radical (unpaired) electrons. The molecule has 6 heteroatoms. The van der Waals surface area contributed by atoms with Gasteiger partial charge in [0.25, 0.3) is 5.91 Å². The molecule has 122 valence electrons. The number of amides is 1. The van der Waals surface area contributed by atoms with Gasteiger partial charge >= 0.3 is 0 Å². The first-order valence-corrected chi connectivity index (χ1v) is 7.58. The SMILES string of the molecule is CC[C@@H](O)CN1CCN(C(=O)c2ccc(OC)cc2F)CC1. The predicted octanol–water partition coefficient (Wildman–Crippen LogP) is 1.36. The minimum Gasteiger partial charge on any atom is -0.497 e. The number of carbonyl (C=O) groups excluding carboxylic acids is 1. The van der Waals surface area contributed by atoms with E-state index in [1.54, 1.807) is 11.0 Å². The van der Waals surface area contributed by atoms with Crippen molar-refractivity contribution in [1.82, 2.24) is 9.80 Å². The number of β-amino-alcohol motifs (C(OH)–C–C–N with tert-alkyl or cyclic N) is 1. The van der Waals surface area contributed by atoms with E-state index in [0.717, 1.165) is 6.42 Å². The molecule has 5 nitrogen and oxygen atoms in total. The summed E-state index contributed by atoms with van der Waals surface area (Å²) in [5.41, 5.74) is 0.0721. The predicted molar refractivity (Wildman–Crippen MR) is 81.6 cm³/mol. The summed E-state index contributed by atoms with van der Waals surface area (Å²) in [7, 11) is 1.46. The van der Waals surface area contributed by atoms with Gasteiger partial charge in [-0.25, -0.2) is 4.39 Å². The number of piperazine rings is 1. The Labute approximate surface area is 130 Å². The molecule has 22 heavy (non-hydrogen) atoms. The molecule has 1 fully saturated rings. The van der Waals surface area contributed by atoms with Crippen molar-refractivity contribution >= 4 is 5.91 Å². The van der Waals surface area contributed by atoms with Crippen molar-refractivity contribution in [2.24, 2.45) is 0 Å². The molecular formula is C16H23FN2O3. The number of ether oxygens (including phenoxy) is 1. The van der Waals surface area contributed by atoms with Gasteiger partial charge in [0.15, 0.2) is 0 Å². The Morgan fingerprint density at radius 3 is 2.59 bits per heavy atom. The lowest BCUT2D eigenvalue weighted by Crippen LogP contribution is -2.50. The van der Waals surface area contributed by atoms with Gasteiger partial charge in [0, 0.05) is 38.8 Å². The van der Waals surface area contributed by atoms with Crippen LogP contribution in [-0.2, 0) is 0 Å². The van der Waals surface area contributed by atoms with Crippen molar-refractivity contribution in [2.45, 2.75) is 19.4 Å². The average Bonchev–Trinajstić information content (AvgIpc) is 2.54. The van der Waals surface area contributed by atoms with Gasteiger partial charge in [-0.1, -0.05) is 6.92 Å². The van der Waals surface area contributed by atoms with Crippen LogP contribution in [0.4, 0.5) is 4.39 Å². The molecule has 0 saturated carbocycles. The summed E-state index contributed by atoms with van der Waals surface area (Å²) in [5, 5.41) is 9.67. The van der Waals surface area contributed by atoms with E-state index in [1.165, 1.54) is 19.2 Å². The smallest absolute Gasteiger partial charge is 0.256 e. The lowest BCUT2D eigenvalue weighted by atomic mass is 10.1. The zero-order chi connectivity index (χ0) is 16.1. The summed E-state index contributed by atoms with van der Waals surface area (Å²) in [6, 6.07) is 4.27. The van der Waals surface area contributed by atoms with Crippen LogP contribution >= 0.6 is 0 Å². The first kappa shape index (κ1) is 16.7. The van der Waals surface area contributed by atoms with Crippen molar-refractivity contribution in [3.05, 3.63) is 29.6 Å². The fourth-order valence-electron chi connectivity index (χ4n) is 2.53. The molecule has 1 aromatic rings. The molecule has 1 aliphatic rings. The molecule has 1 N–H and O–H groups in total. The molecule has 0 aliphatic carbocycles. The Morgan fingerprint density at radius 2 is 2.05 bits per heavy atom. The number of carbonyl (C=O) groups is 1. The van der Waals surface area contributed by atoms with Crippen LogP contribution in [0.2, 0.25) is 0 Å². The first-order chi connectivity index (χ1) is 10.5.